The van der Waals surface area contributed by atoms with Gasteiger partial charge in [0, 0.05) is 23.6 Å². The molecule has 15 heavy (non-hydrogen) atoms. The van der Waals surface area contributed by atoms with Crippen LogP contribution in [0.3, 0.4) is 0 Å². The van der Waals surface area contributed by atoms with E-state index in [0.29, 0.717) is 5.25 Å². The molecule has 0 amide bonds. The summed E-state index contributed by atoms with van der Waals surface area (Å²) in [6.07, 6.45) is 0. The zero-order valence-electron chi connectivity index (χ0n) is 9.05. The second kappa shape index (κ2) is 4.83. The van der Waals surface area contributed by atoms with Gasteiger partial charge in [0.1, 0.15) is 0 Å². The van der Waals surface area contributed by atoms with E-state index >= 15 is 0 Å². The highest BCUT2D eigenvalue weighted by Gasteiger charge is 2.31. The molecule has 2 atom stereocenters. The van der Waals surface area contributed by atoms with Gasteiger partial charge in [-0.15, -0.1) is 12.1 Å². The second-order valence-electron chi connectivity index (χ2n) is 4.02. The van der Waals surface area contributed by atoms with Crippen molar-refractivity contribution in [3.05, 3.63) is 12.1 Å². The van der Waals surface area contributed by atoms with Gasteiger partial charge < -0.3 is 12.9 Å². The monoisotopic (exact) mass is 238 g/mol. The van der Waals surface area contributed by atoms with Gasteiger partial charge in [-0.2, -0.15) is 11.8 Å². The summed E-state index contributed by atoms with van der Waals surface area (Å²) in [6, 6.07) is 0.193. The van der Waals surface area contributed by atoms with Crippen LogP contribution in [0.15, 0.2) is 12.1 Å². The van der Waals surface area contributed by atoms with Crippen molar-refractivity contribution >= 4 is 18.7 Å². The number of hydrogen-bond acceptors (Lipinski definition) is 2. The first-order valence-corrected chi connectivity index (χ1v) is 6.10. The summed E-state index contributed by atoms with van der Waals surface area (Å²) in [5.74, 6) is 0.906. The smallest absolute Gasteiger partial charge is 0.445 e. The average molecular weight is 238 g/mol. The molecule has 1 heterocycles. The van der Waals surface area contributed by atoms with Gasteiger partial charge in [-0.3, -0.25) is 4.90 Å². The highest BCUT2D eigenvalue weighted by Crippen LogP contribution is 2.27. The molecule has 0 N–H and O–H groups in total. The van der Waals surface area contributed by atoms with E-state index < -0.39 is 12.4 Å². The molecule has 1 aliphatic rings. The first kappa shape index (κ1) is 13.0. The SMILES string of the molecule is C=C(CN1CCSC(C)C1C)[B-](F)(F)F. The van der Waals surface area contributed by atoms with Crippen LogP contribution in [0.2, 0.25) is 0 Å². The van der Waals surface area contributed by atoms with E-state index in [1.807, 2.05) is 23.6 Å². The maximum absolute atomic E-state index is 12.4. The molecule has 1 fully saturated rings. The maximum Gasteiger partial charge on any atom is 0.506 e. The summed E-state index contributed by atoms with van der Waals surface area (Å²) in [5.41, 5.74) is -0.582. The fourth-order valence-electron chi connectivity index (χ4n) is 1.58. The van der Waals surface area contributed by atoms with Crippen LogP contribution in [0.5, 0.6) is 0 Å². The van der Waals surface area contributed by atoms with E-state index in [2.05, 4.69) is 13.5 Å². The van der Waals surface area contributed by atoms with Crippen molar-refractivity contribution in [3.63, 3.8) is 0 Å². The summed E-state index contributed by atoms with van der Waals surface area (Å²) >= 11 is 1.82. The second-order valence-corrected chi connectivity index (χ2v) is 5.51. The van der Waals surface area contributed by atoms with Crippen LogP contribution in [0.4, 0.5) is 12.9 Å². The van der Waals surface area contributed by atoms with Crippen LogP contribution in [0.25, 0.3) is 0 Å². The Bertz CT molecular complexity index is 244. The lowest BCUT2D eigenvalue weighted by molar-refractivity contribution is 0.231. The summed E-state index contributed by atoms with van der Waals surface area (Å²) in [5, 5.41) is 0.396. The van der Waals surface area contributed by atoms with E-state index in [1.54, 1.807) is 0 Å². The Labute approximate surface area is 93.1 Å². The quantitative estimate of drug-likeness (QED) is 0.695. The molecule has 0 aromatic carbocycles. The summed E-state index contributed by atoms with van der Waals surface area (Å²) in [7, 11) is 0. The van der Waals surface area contributed by atoms with Crippen molar-refractivity contribution < 1.29 is 12.9 Å². The Morgan fingerprint density at radius 1 is 1.47 bits per heavy atom. The number of thioether (sulfide) groups is 1. The van der Waals surface area contributed by atoms with Gasteiger partial charge in [-0.1, -0.05) is 6.92 Å². The minimum Gasteiger partial charge on any atom is -0.445 e. The molecule has 0 aliphatic carbocycles. The third-order valence-electron chi connectivity index (χ3n) is 2.88. The minimum atomic E-state index is -4.88. The molecule has 1 aliphatic heterocycles. The van der Waals surface area contributed by atoms with Crippen molar-refractivity contribution in [2.45, 2.75) is 25.1 Å². The van der Waals surface area contributed by atoms with Crippen molar-refractivity contribution in [2.24, 2.45) is 0 Å². The van der Waals surface area contributed by atoms with Crippen LogP contribution in [0, 0.1) is 0 Å². The fourth-order valence-corrected chi connectivity index (χ4v) is 2.75. The van der Waals surface area contributed by atoms with Crippen molar-refractivity contribution in [3.8, 4) is 0 Å². The predicted octanol–water partition coefficient (Wildman–Crippen LogP) is 2.76. The van der Waals surface area contributed by atoms with Crippen LogP contribution >= 0.6 is 11.8 Å². The molecule has 0 bridgehead atoms. The largest absolute Gasteiger partial charge is 0.506 e. The average Bonchev–Trinajstić information content (AvgIpc) is 2.11. The third kappa shape index (κ3) is 3.45. The fraction of sp³-hybridized carbons (Fsp3) is 0.778. The van der Waals surface area contributed by atoms with Crippen molar-refractivity contribution in [1.29, 1.82) is 0 Å². The highest BCUT2D eigenvalue weighted by molar-refractivity contribution is 8.00. The molecular formula is C9H16BF3NS-. The van der Waals surface area contributed by atoms with Crippen LogP contribution in [0.1, 0.15) is 13.8 Å². The Morgan fingerprint density at radius 3 is 2.60 bits per heavy atom. The number of rotatable bonds is 3. The Morgan fingerprint density at radius 2 is 2.07 bits per heavy atom. The molecule has 2 unspecified atom stereocenters. The van der Waals surface area contributed by atoms with Gasteiger partial charge in [0.15, 0.2) is 0 Å². The summed E-state index contributed by atoms with van der Waals surface area (Å²) in [6.45, 7) is 2.98. The van der Waals surface area contributed by atoms with Gasteiger partial charge in [0.25, 0.3) is 0 Å². The standard InChI is InChI=1S/C9H16BF3NS/c1-7(10(11,12)13)6-14-4-5-15-9(3)8(14)2/h8-9H,1,4-6H2,2-3H3/q-1. The van der Waals surface area contributed by atoms with Crippen LogP contribution in [-0.4, -0.2) is 42.0 Å². The molecule has 88 valence electrons. The molecule has 0 radical (unpaired) electrons. The topological polar surface area (TPSA) is 3.24 Å². The van der Waals surface area contributed by atoms with Crippen LogP contribution in [-0.2, 0) is 0 Å². The van der Waals surface area contributed by atoms with E-state index in [0.717, 1.165) is 12.3 Å². The van der Waals surface area contributed by atoms with E-state index in [9.17, 15) is 12.9 Å². The van der Waals surface area contributed by atoms with E-state index in [-0.39, 0.29) is 12.6 Å². The number of nitrogens with zero attached hydrogens (tertiary/aromatic N) is 1. The molecule has 6 heteroatoms. The summed E-state index contributed by atoms with van der Waals surface area (Å²) < 4.78 is 37.1. The van der Waals surface area contributed by atoms with E-state index in [1.165, 1.54) is 0 Å². The first-order valence-electron chi connectivity index (χ1n) is 5.05. The molecular weight excluding hydrogens is 222 g/mol. The van der Waals surface area contributed by atoms with Gasteiger partial charge >= 0.3 is 6.98 Å². The van der Waals surface area contributed by atoms with E-state index in [4.69, 9.17) is 0 Å². The Hall–Kier alpha value is -0.0951. The molecule has 0 spiro atoms. The zero-order valence-corrected chi connectivity index (χ0v) is 9.87. The summed E-state index contributed by atoms with van der Waals surface area (Å²) in [4.78, 5) is 1.87. The predicted molar refractivity (Wildman–Crippen MR) is 61.2 cm³/mol. The third-order valence-corrected chi connectivity index (χ3v) is 4.22. The van der Waals surface area contributed by atoms with Crippen LogP contribution < -0.4 is 0 Å². The maximum atomic E-state index is 12.4. The molecule has 1 nitrogen and oxygen atoms in total. The van der Waals surface area contributed by atoms with Crippen molar-refractivity contribution in [2.75, 3.05) is 18.8 Å². The lowest BCUT2D eigenvalue weighted by Crippen LogP contribution is -2.46. The Kier molecular flexibility index (Phi) is 4.17. The molecule has 1 rings (SSSR count). The number of halogens is 3. The van der Waals surface area contributed by atoms with Gasteiger partial charge in [0.2, 0.25) is 0 Å². The van der Waals surface area contributed by atoms with Gasteiger partial charge in [-0.25, -0.2) is 0 Å². The molecule has 0 saturated carbocycles. The Balaban J connectivity index is 2.54. The number of hydrogen-bond donors (Lipinski definition) is 0. The molecule has 0 aromatic heterocycles. The lowest BCUT2D eigenvalue weighted by atomic mass is 9.80. The van der Waals surface area contributed by atoms with Gasteiger partial charge in [0.05, 0.1) is 0 Å². The van der Waals surface area contributed by atoms with Crippen molar-refractivity contribution in [1.82, 2.24) is 4.90 Å². The highest BCUT2D eigenvalue weighted by atomic mass is 32.2. The molecule has 0 aromatic rings. The zero-order chi connectivity index (χ0) is 11.6. The lowest BCUT2D eigenvalue weighted by Gasteiger charge is -2.39. The molecule has 1 saturated heterocycles. The van der Waals surface area contributed by atoms with Gasteiger partial charge in [-0.05, 0) is 13.5 Å². The normalized spacial score (nSPS) is 29.1. The first-order chi connectivity index (χ1) is 6.82. The minimum absolute atomic E-state index is 0.0322.